The molecular weight excluding hydrogens is 274 g/mol. The number of rotatable bonds is 3. The van der Waals surface area contributed by atoms with Crippen LogP contribution < -0.4 is 0 Å². The van der Waals surface area contributed by atoms with Gasteiger partial charge < -0.3 is 9.51 Å². The number of carbonyl (C=O) groups excluding carboxylic acids is 1. The van der Waals surface area contributed by atoms with Gasteiger partial charge in [-0.2, -0.15) is 0 Å². The monoisotopic (exact) mass is 285 g/mol. The minimum atomic E-state index is -1.02. The molecule has 3 aromatic rings. The van der Waals surface area contributed by atoms with E-state index in [0.29, 0.717) is 16.1 Å². The molecule has 0 aliphatic heterocycles. The first-order valence-corrected chi connectivity index (χ1v) is 6.90. The lowest BCUT2D eigenvalue weighted by Crippen LogP contribution is -2.05. The highest BCUT2D eigenvalue weighted by Gasteiger charge is 2.22. The molecule has 0 saturated heterocycles. The maximum Gasteiger partial charge on any atom is 0.338 e. The van der Waals surface area contributed by atoms with E-state index in [0.717, 1.165) is 5.69 Å². The third kappa shape index (κ3) is 1.83. The van der Waals surface area contributed by atoms with Crippen LogP contribution in [0.25, 0.3) is 4.83 Å². The van der Waals surface area contributed by atoms with Crippen molar-refractivity contribution in [3.63, 3.8) is 0 Å². The van der Waals surface area contributed by atoms with E-state index in [1.807, 2.05) is 18.4 Å². The highest BCUT2D eigenvalue weighted by Crippen LogP contribution is 2.26. The number of carbonyl (C=O) groups is 2. The van der Waals surface area contributed by atoms with Crippen LogP contribution in [-0.4, -0.2) is 21.3 Å². The summed E-state index contributed by atoms with van der Waals surface area (Å²) in [7, 11) is 0. The predicted octanol–water partition coefficient (Wildman–Crippen LogP) is 3.24. The van der Waals surface area contributed by atoms with Crippen LogP contribution >= 0.6 is 11.3 Å². The summed E-state index contributed by atoms with van der Waals surface area (Å²) in [4.78, 5) is 24.4. The molecule has 4 nitrogen and oxygen atoms in total. The molecule has 0 radical (unpaired) electrons. The number of nitrogens with zero attached hydrogens (tertiary/aromatic N) is 1. The van der Waals surface area contributed by atoms with Crippen molar-refractivity contribution in [1.29, 1.82) is 0 Å². The summed E-state index contributed by atoms with van der Waals surface area (Å²) >= 11 is 1.33. The van der Waals surface area contributed by atoms with E-state index < -0.39 is 5.97 Å². The lowest BCUT2D eigenvalue weighted by Gasteiger charge is -2.01. The number of aryl methyl sites for hydroxylation is 1. The van der Waals surface area contributed by atoms with Gasteiger partial charge in [-0.15, -0.1) is 11.3 Å². The molecule has 0 bridgehead atoms. The van der Waals surface area contributed by atoms with E-state index in [4.69, 9.17) is 0 Å². The summed E-state index contributed by atoms with van der Waals surface area (Å²) in [6.07, 6.45) is 0. The van der Waals surface area contributed by atoms with Gasteiger partial charge in [0.1, 0.15) is 4.83 Å². The quantitative estimate of drug-likeness (QED) is 0.751. The Balaban J connectivity index is 2.24. The van der Waals surface area contributed by atoms with Gasteiger partial charge in [0.05, 0.1) is 11.3 Å². The molecule has 0 saturated carbocycles. The maximum atomic E-state index is 12.5. The molecule has 0 fully saturated rings. The summed E-state index contributed by atoms with van der Waals surface area (Å²) in [5, 5.41) is 11.1. The van der Waals surface area contributed by atoms with Gasteiger partial charge in [-0.25, -0.2) is 4.79 Å². The Morgan fingerprint density at radius 3 is 2.55 bits per heavy atom. The van der Waals surface area contributed by atoms with Gasteiger partial charge in [-0.05, 0) is 13.0 Å². The molecule has 0 unspecified atom stereocenters. The van der Waals surface area contributed by atoms with Crippen LogP contribution in [0, 0.1) is 6.92 Å². The molecule has 1 aromatic carbocycles. The van der Waals surface area contributed by atoms with Crippen molar-refractivity contribution in [2.24, 2.45) is 0 Å². The number of fused-ring (bicyclic) bond motifs is 1. The van der Waals surface area contributed by atoms with Gasteiger partial charge in [-0.1, -0.05) is 30.3 Å². The third-order valence-corrected chi connectivity index (χ3v) is 4.23. The molecule has 20 heavy (non-hydrogen) atoms. The van der Waals surface area contributed by atoms with Crippen LogP contribution in [0.15, 0.2) is 41.8 Å². The Hall–Kier alpha value is -2.40. The fraction of sp³-hybridized carbons (Fsp3) is 0.0667. The smallest absolute Gasteiger partial charge is 0.338 e. The Labute approximate surface area is 118 Å². The molecule has 2 aromatic heterocycles. The van der Waals surface area contributed by atoms with Crippen molar-refractivity contribution in [2.75, 3.05) is 0 Å². The number of aromatic carboxylic acids is 1. The minimum Gasteiger partial charge on any atom is -0.478 e. The normalized spacial score (nSPS) is 10.8. The second kappa shape index (κ2) is 4.61. The molecule has 100 valence electrons. The van der Waals surface area contributed by atoms with E-state index in [1.165, 1.54) is 17.4 Å². The van der Waals surface area contributed by atoms with E-state index >= 15 is 0 Å². The molecule has 0 aliphatic carbocycles. The van der Waals surface area contributed by atoms with Crippen LogP contribution in [0.4, 0.5) is 0 Å². The van der Waals surface area contributed by atoms with Crippen molar-refractivity contribution in [3.05, 3.63) is 64.3 Å². The summed E-state index contributed by atoms with van der Waals surface area (Å²) < 4.78 is 1.71. The zero-order chi connectivity index (χ0) is 14.3. The Morgan fingerprint density at radius 2 is 1.90 bits per heavy atom. The van der Waals surface area contributed by atoms with Crippen LogP contribution in [0.2, 0.25) is 0 Å². The highest BCUT2D eigenvalue weighted by atomic mass is 32.1. The number of carboxylic acids is 1. The number of hydrogen-bond acceptors (Lipinski definition) is 3. The Bertz CT molecular complexity index is 814. The van der Waals surface area contributed by atoms with Gasteiger partial charge in [0.25, 0.3) is 0 Å². The first-order chi connectivity index (χ1) is 9.59. The molecule has 0 atom stereocenters. The number of thiazole rings is 1. The lowest BCUT2D eigenvalue weighted by atomic mass is 10.1. The van der Waals surface area contributed by atoms with E-state index in [1.54, 1.807) is 28.7 Å². The largest absolute Gasteiger partial charge is 0.478 e. The van der Waals surface area contributed by atoms with E-state index in [2.05, 4.69) is 0 Å². The van der Waals surface area contributed by atoms with Crippen molar-refractivity contribution < 1.29 is 14.7 Å². The topological polar surface area (TPSA) is 58.8 Å². The zero-order valence-electron chi connectivity index (χ0n) is 10.7. The third-order valence-electron chi connectivity index (χ3n) is 3.15. The Kier molecular flexibility index (Phi) is 2.91. The zero-order valence-corrected chi connectivity index (χ0v) is 11.5. The first-order valence-electron chi connectivity index (χ1n) is 6.02. The molecule has 5 heteroatoms. The average Bonchev–Trinajstić information content (AvgIpc) is 3.00. The van der Waals surface area contributed by atoms with Crippen molar-refractivity contribution in [2.45, 2.75) is 6.92 Å². The average molecular weight is 285 g/mol. The van der Waals surface area contributed by atoms with Crippen molar-refractivity contribution in [3.8, 4) is 0 Å². The van der Waals surface area contributed by atoms with Gasteiger partial charge >= 0.3 is 5.97 Å². The number of hydrogen-bond donors (Lipinski definition) is 1. The molecule has 2 heterocycles. The van der Waals surface area contributed by atoms with Gasteiger partial charge in [-0.3, -0.25) is 4.79 Å². The maximum absolute atomic E-state index is 12.5. The fourth-order valence-electron chi connectivity index (χ4n) is 2.21. The summed E-state index contributed by atoms with van der Waals surface area (Å²) in [5.74, 6) is -1.19. The molecule has 0 spiro atoms. The van der Waals surface area contributed by atoms with E-state index in [9.17, 15) is 14.7 Å². The highest BCUT2D eigenvalue weighted by molar-refractivity contribution is 7.16. The molecular formula is C15H11NO3S. The fourth-order valence-corrected chi connectivity index (χ4v) is 3.22. The summed E-state index contributed by atoms with van der Waals surface area (Å²) in [5.41, 5.74) is 1.97. The van der Waals surface area contributed by atoms with Gasteiger partial charge in [0, 0.05) is 16.6 Å². The second-order valence-electron chi connectivity index (χ2n) is 4.46. The number of aromatic nitrogens is 1. The standard InChI is InChI=1S/C15H11NO3S/c1-9-8-20-14-11(15(18)19)7-12(16(9)14)13(17)10-5-3-2-4-6-10/h2-8H,1H3,(H,18,19). The minimum absolute atomic E-state index is 0.169. The first kappa shape index (κ1) is 12.6. The second-order valence-corrected chi connectivity index (χ2v) is 5.32. The molecule has 0 aliphatic rings. The SMILES string of the molecule is Cc1csc2c(C(=O)O)cc(C(=O)c3ccccc3)n12. The Morgan fingerprint density at radius 1 is 1.20 bits per heavy atom. The number of benzene rings is 1. The van der Waals surface area contributed by atoms with E-state index in [-0.39, 0.29) is 11.3 Å². The molecule has 1 N–H and O–H groups in total. The van der Waals surface area contributed by atoms with Gasteiger partial charge in [0.2, 0.25) is 5.78 Å². The summed E-state index contributed by atoms with van der Waals surface area (Å²) in [6, 6.07) is 10.3. The van der Waals surface area contributed by atoms with Crippen LogP contribution in [0.3, 0.4) is 0 Å². The van der Waals surface area contributed by atoms with Crippen LogP contribution in [-0.2, 0) is 0 Å². The van der Waals surface area contributed by atoms with Crippen LogP contribution in [0.1, 0.15) is 32.1 Å². The number of ketones is 1. The summed E-state index contributed by atoms with van der Waals surface area (Å²) in [6.45, 7) is 1.86. The number of carboxylic acid groups (broad SMARTS) is 1. The van der Waals surface area contributed by atoms with Crippen LogP contribution in [0.5, 0.6) is 0 Å². The van der Waals surface area contributed by atoms with Gasteiger partial charge in [0.15, 0.2) is 0 Å². The predicted molar refractivity (Wildman–Crippen MR) is 76.8 cm³/mol. The lowest BCUT2D eigenvalue weighted by molar-refractivity contribution is 0.0699. The van der Waals surface area contributed by atoms with Crippen molar-refractivity contribution in [1.82, 2.24) is 4.40 Å². The van der Waals surface area contributed by atoms with Crippen molar-refractivity contribution >= 4 is 27.9 Å². The molecule has 0 amide bonds. The molecule has 3 rings (SSSR count).